The van der Waals surface area contributed by atoms with Crippen LogP contribution in [-0.4, -0.2) is 42.5 Å². The number of rotatable bonds is 2. The molecule has 0 aliphatic carbocycles. The Morgan fingerprint density at radius 3 is 2.82 bits per heavy atom. The van der Waals surface area contributed by atoms with Gasteiger partial charge in [-0.25, -0.2) is 0 Å². The van der Waals surface area contributed by atoms with Gasteiger partial charge >= 0.3 is 0 Å². The molecule has 1 fully saturated rings. The predicted octanol–water partition coefficient (Wildman–Crippen LogP) is 2.02. The van der Waals surface area contributed by atoms with Crippen LogP contribution in [0, 0.1) is 5.41 Å². The molecule has 0 saturated carbocycles. The number of hydrogen-bond acceptors (Lipinski definition) is 3. The zero-order valence-corrected chi connectivity index (χ0v) is 13.9. The third-order valence-electron chi connectivity index (χ3n) is 5.23. The summed E-state index contributed by atoms with van der Waals surface area (Å²) in [7, 11) is 0. The van der Waals surface area contributed by atoms with Crippen LogP contribution in [0.2, 0.25) is 0 Å². The van der Waals surface area contributed by atoms with Crippen LogP contribution in [0.1, 0.15) is 32.8 Å². The average molecular weight is 301 g/mol. The minimum atomic E-state index is 0.0765. The SMILES string of the molecule is CC1Cc2ccccc2N1C(=O)CN1CCC(N)C(C)(C)C1. The van der Waals surface area contributed by atoms with Crippen molar-refractivity contribution >= 4 is 11.6 Å². The number of fused-ring (bicyclic) bond motifs is 1. The Labute approximate surface area is 133 Å². The summed E-state index contributed by atoms with van der Waals surface area (Å²) in [5.41, 5.74) is 8.64. The molecule has 22 heavy (non-hydrogen) atoms. The minimum absolute atomic E-state index is 0.0765. The second-order valence-electron chi connectivity index (χ2n) is 7.54. The Kier molecular flexibility index (Phi) is 4.00. The maximum absolute atomic E-state index is 12.8. The van der Waals surface area contributed by atoms with Gasteiger partial charge in [0.25, 0.3) is 0 Å². The number of anilines is 1. The third kappa shape index (κ3) is 2.77. The first kappa shape index (κ1) is 15.5. The van der Waals surface area contributed by atoms with E-state index in [4.69, 9.17) is 5.73 Å². The van der Waals surface area contributed by atoms with Gasteiger partial charge in [-0.2, -0.15) is 0 Å². The van der Waals surface area contributed by atoms with Crippen molar-refractivity contribution in [3.05, 3.63) is 29.8 Å². The number of nitrogens with two attached hydrogens (primary N) is 1. The molecule has 3 rings (SSSR count). The highest BCUT2D eigenvalue weighted by Gasteiger charge is 2.36. The number of benzene rings is 1. The van der Waals surface area contributed by atoms with Crippen molar-refractivity contribution in [2.75, 3.05) is 24.5 Å². The molecule has 4 heteroatoms. The van der Waals surface area contributed by atoms with E-state index in [0.717, 1.165) is 31.6 Å². The standard InChI is InChI=1S/C18H27N3O/c1-13-10-14-6-4-5-7-15(14)21(13)17(22)11-20-9-8-16(19)18(2,3)12-20/h4-7,13,16H,8-12,19H2,1-3H3. The van der Waals surface area contributed by atoms with E-state index < -0.39 is 0 Å². The molecule has 2 atom stereocenters. The van der Waals surface area contributed by atoms with Crippen LogP contribution >= 0.6 is 0 Å². The molecule has 2 aliphatic rings. The number of piperidine rings is 1. The van der Waals surface area contributed by atoms with E-state index in [9.17, 15) is 4.79 Å². The first-order valence-electron chi connectivity index (χ1n) is 8.26. The molecule has 1 aromatic rings. The van der Waals surface area contributed by atoms with Crippen molar-refractivity contribution in [1.82, 2.24) is 4.90 Å². The van der Waals surface area contributed by atoms with Gasteiger partial charge in [0.05, 0.1) is 6.54 Å². The zero-order valence-electron chi connectivity index (χ0n) is 13.9. The average Bonchev–Trinajstić information content (AvgIpc) is 2.78. The Balaban J connectivity index is 1.70. The van der Waals surface area contributed by atoms with Gasteiger partial charge in [0, 0.05) is 30.9 Å². The van der Waals surface area contributed by atoms with Gasteiger partial charge in [-0.15, -0.1) is 0 Å². The van der Waals surface area contributed by atoms with Crippen molar-refractivity contribution in [1.29, 1.82) is 0 Å². The molecule has 4 nitrogen and oxygen atoms in total. The molecule has 2 N–H and O–H groups in total. The molecule has 1 aromatic carbocycles. The molecule has 2 aliphatic heterocycles. The topological polar surface area (TPSA) is 49.6 Å². The van der Waals surface area contributed by atoms with Crippen LogP contribution in [0.15, 0.2) is 24.3 Å². The van der Waals surface area contributed by atoms with Crippen molar-refractivity contribution in [2.24, 2.45) is 11.1 Å². The second-order valence-corrected chi connectivity index (χ2v) is 7.54. The van der Waals surface area contributed by atoms with Crippen molar-refractivity contribution < 1.29 is 4.79 Å². The van der Waals surface area contributed by atoms with E-state index in [1.165, 1.54) is 5.56 Å². The van der Waals surface area contributed by atoms with E-state index in [2.05, 4.69) is 37.8 Å². The lowest BCUT2D eigenvalue weighted by molar-refractivity contribution is -0.120. The van der Waals surface area contributed by atoms with Gasteiger partial charge < -0.3 is 10.6 Å². The van der Waals surface area contributed by atoms with Crippen LogP contribution in [0.3, 0.4) is 0 Å². The summed E-state index contributed by atoms with van der Waals surface area (Å²) in [6, 6.07) is 8.73. The number of nitrogens with zero attached hydrogens (tertiary/aromatic N) is 2. The number of amides is 1. The number of carbonyl (C=O) groups excluding carboxylic acids is 1. The number of likely N-dealkylation sites (tertiary alicyclic amines) is 1. The quantitative estimate of drug-likeness (QED) is 0.909. The monoisotopic (exact) mass is 301 g/mol. The molecule has 2 heterocycles. The van der Waals surface area contributed by atoms with Gasteiger partial charge in [0.1, 0.15) is 0 Å². The van der Waals surface area contributed by atoms with E-state index in [1.807, 2.05) is 17.0 Å². The lowest BCUT2D eigenvalue weighted by Crippen LogP contribution is -2.54. The highest BCUT2D eigenvalue weighted by molar-refractivity contribution is 5.97. The Morgan fingerprint density at radius 2 is 2.09 bits per heavy atom. The summed E-state index contributed by atoms with van der Waals surface area (Å²) in [4.78, 5) is 17.1. The molecule has 0 spiro atoms. The van der Waals surface area contributed by atoms with Gasteiger partial charge in [0.15, 0.2) is 0 Å². The maximum atomic E-state index is 12.8. The Bertz CT molecular complexity index is 569. The van der Waals surface area contributed by atoms with E-state index in [1.54, 1.807) is 0 Å². The first-order chi connectivity index (χ1) is 10.4. The number of hydrogen-bond donors (Lipinski definition) is 1. The minimum Gasteiger partial charge on any atom is -0.327 e. The summed E-state index contributed by atoms with van der Waals surface area (Å²) in [5, 5.41) is 0. The summed E-state index contributed by atoms with van der Waals surface area (Å²) < 4.78 is 0. The maximum Gasteiger partial charge on any atom is 0.241 e. The predicted molar refractivity (Wildman–Crippen MR) is 89.9 cm³/mol. The summed E-state index contributed by atoms with van der Waals surface area (Å²) >= 11 is 0. The third-order valence-corrected chi connectivity index (χ3v) is 5.23. The Hall–Kier alpha value is -1.39. The van der Waals surface area contributed by atoms with Gasteiger partial charge in [0.2, 0.25) is 5.91 Å². The van der Waals surface area contributed by atoms with Crippen LogP contribution in [0.5, 0.6) is 0 Å². The van der Waals surface area contributed by atoms with Crippen LogP contribution in [0.25, 0.3) is 0 Å². The lowest BCUT2D eigenvalue weighted by Gasteiger charge is -2.42. The van der Waals surface area contributed by atoms with Crippen LogP contribution < -0.4 is 10.6 Å². The van der Waals surface area contributed by atoms with E-state index in [0.29, 0.717) is 6.54 Å². The summed E-state index contributed by atoms with van der Waals surface area (Å²) in [5.74, 6) is 0.212. The largest absolute Gasteiger partial charge is 0.327 e. The van der Waals surface area contributed by atoms with Gasteiger partial charge in [-0.3, -0.25) is 9.69 Å². The van der Waals surface area contributed by atoms with Crippen molar-refractivity contribution in [3.8, 4) is 0 Å². The lowest BCUT2D eigenvalue weighted by atomic mass is 9.80. The second kappa shape index (κ2) is 5.67. The normalized spacial score (nSPS) is 27.7. The Morgan fingerprint density at radius 1 is 1.36 bits per heavy atom. The van der Waals surface area contributed by atoms with Crippen molar-refractivity contribution in [2.45, 2.75) is 45.7 Å². The number of carbonyl (C=O) groups is 1. The van der Waals surface area contributed by atoms with E-state index in [-0.39, 0.29) is 23.4 Å². The van der Waals surface area contributed by atoms with Crippen LogP contribution in [0.4, 0.5) is 5.69 Å². The molecule has 0 aromatic heterocycles. The fourth-order valence-electron chi connectivity index (χ4n) is 3.83. The van der Waals surface area contributed by atoms with E-state index >= 15 is 0 Å². The molecule has 2 unspecified atom stereocenters. The van der Waals surface area contributed by atoms with Crippen LogP contribution in [-0.2, 0) is 11.2 Å². The number of para-hydroxylation sites is 1. The summed E-state index contributed by atoms with van der Waals surface area (Å²) in [6.07, 6.45) is 1.92. The van der Waals surface area contributed by atoms with Crippen molar-refractivity contribution in [3.63, 3.8) is 0 Å². The smallest absolute Gasteiger partial charge is 0.241 e. The molecular weight excluding hydrogens is 274 g/mol. The first-order valence-corrected chi connectivity index (χ1v) is 8.26. The molecule has 1 saturated heterocycles. The molecule has 0 radical (unpaired) electrons. The highest BCUT2D eigenvalue weighted by Crippen LogP contribution is 2.32. The zero-order chi connectivity index (χ0) is 15.9. The molecule has 0 bridgehead atoms. The fraction of sp³-hybridized carbons (Fsp3) is 0.611. The van der Waals surface area contributed by atoms with Gasteiger partial charge in [-0.05, 0) is 36.8 Å². The highest BCUT2D eigenvalue weighted by atomic mass is 16.2. The molecule has 1 amide bonds. The summed E-state index contributed by atoms with van der Waals surface area (Å²) in [6.45, 7) is 8.83. The fourth-order valence-corrected chi connectivity index (χ4v) is 3.83. The molecule has 120 valence electrons. The van der Waals surface area contributed by atoms with Gasteiger partial charge in [-0.1, -0.05) is 32.0 Å². The molecular formula is C18H27N3O.